The number of amides is 1. The molecule has 133 valence electrons. The SMILES string of the molecule is [CH2]CCN(C(=O)OC(C)(C)C)C(Cc1ccccc1)C1COCO1. The van der Waals surface area contributed by atoms with E-state index in [1.54, 1.807) is 4.90 Å². The molecule has 1 saturated heterocycles. The van der Waals surface area contributed by atoms with E-state index in [0.717, 1.165) is 5.56 Å². The minimum atomic E-state index is -0.541. The molecule has 1 radical (unpaired) electrons. The van der Waals surface area contributed by atoms with Crippen LogP contribution in [-0.2, 0) is 20.6 Å². The normalized spacial score (nSPS) is 19.1. The van der Waals surface area contributed by atoms with Crippen LogP contribution in [0.5, 0.6) is 0 Å². The van der Waals surface area contributed by atoms with E-state index in [4.69, 9.17) is 14.2 Å². The van der Waals surface area contributed by atoms with Gasteiger partial charge in [-0.1, -0.05) is 37.3 Å². The van der Waals surface area contributed by atoms with E-state index >= 15 is 0 Å². The van der Waals surface area contributed by atoms with Gasteiger partial charge in [0, 0.05) is 6.54 Å². The van der Waals surface area contributed by atoms with Gasteiger partial charge >= 0.3 is 6.09 Å². The second-order valence-corrected chi connectivity index (χ2v) is 6.98. The first-order chi connectivity index (χ1) is 11.4. The van der Waals surface area contributed by atoms with Crippen molar-refractivity contribution in [3.8, 4) is 0 Å². The summed E-state index contributed by atoms with van der Waals surface area (Å²) < 4.78 is 16.7. The fraction of sp³-hybridized carbons (Fsp3) is 0.579. The summed E-state index contributed by atoms with van der Waals surface area (Å²) in [4.78, 5) is 14.5. The Bertz CT molecular complexity index is 506. The summed E-state index contributed by atoms with van der Waals surface area (Å²) in [6, 6.07) is 9.94. The highest BCUT2D eigenvalue weighted by atomic mass is 16.7. The zero-order valence-electron chi connectivity index (χ0n) is 14.9. The lowest BCUT2D eigenvalue weighted by Crippen LogP contribution is -2.51. The average molecular weight is 334 g/mol. The van der Waals surface area contributed by atoms with E-state index in [1.807, 2.05) is 39.0 Å². The van der Waals surface area contributed by atoms with Gasteiger partial charge in [0.2, 0.25) is 0 Å². The molecule has 5 heteroatoms. The monoisotopic (exact) mass is 334 g/mol. The molecule has 0 spiro atoms. The van der Waals surface area contributed by atoms with Gasteiger partial charge in [0.1, 0.15) is 18.5 Å². The van der Waals surface area contributed by atoms with Gasteiger partial charge in [-0.3, -0.25) is 0 Å². The lowest BCUT2D eigenvalue weighted by Gasteiger charge is -2.35. The smallest absolute Gasteiger partial charge is 0.410 e. The van der Waals surface area contributed by atoms with Gasteiger partial charge in [-0.25, -0.2) is 4.79 Å². The molecule has 1 fully saturated rings. The Morgan fingerprint density at radius 2 is 2.08 bits per heavy atom. The molecule has 2 unspecified atom stereocenters. The van der Waals surface area contributed by atoms with Gasteiger partial charge in [-0.2, -0.15) is 0 Å². The van der Waals surface area contributed by atoms with Gasteiger partial charge in [-0.15, -0.1) is 0 Å². The van der Waals surface area contributed by atoms with E-state index in [1.165, 1.54) is 0 Å². The molecule has 24 heavy (non-hydrogen) atoms. The standard InChI is InChI=1S/C19H28NO4/c1-5-11-20(18(21)24-19(2,3)4)16(17-13-22-14-23-17)12-15-9-7-6-8-10-15/h6-10,16-17H,1,5,11-14H2,2-4H3. The third-order valence-electron chi connectivity index (χ3n) is 3.79. The van der Waals surface area contributed by atoms with Crippen molar-refractivity contribution in [2.45, 2.75) is 51.4 Å². The first kappa shape index (κ1) is 18.7. The second-order valence-electron chi connectivity index (χ2n) is 6.98. The molecule has 0 N–H and O–H groups in total. The van der Waals surface area contributed by atoms with Crippen LogP contribution in [-0.4, -0.2) is 48.7 Å². The van der Waals surface area contributed by atoms with E-state index in [-0.39, 0.29) is 25.0 Å². The van der Waals surface area contributed by atoms with E-state index in [2.05, 4.69) is 19.1 Å². The molecule has 1 aliphatic heterocycles. The van der Waals surface area contributed by atoms with Crippen LogP contribution in [0.1, 0.15) is 32.8 Å². The molecule has 5 nitrogen and oxygen atoms in total. The molecule has 1 aliphatic rings. The van der Waals surface area contributed by atoms with Gasteiger partial charge in [0.05, 0.1) is 12.6 Å². The van der Waals surface area contributed by atoms with Crippen molar-refractivity contribution in [1.82, 2.24) is 4.90 Å². The second kappa shape index (κ2) is 8.49. The largest absolute Gasteiger partial charge is 0.444 e. The zero-order valence-corrected chi connectivity index (χ0v) is 14.9. The van der Waals surface area contributed by atoms with Crippen LogP contribution in [0.2, 0.25) is 0 Å². The molecular formula is C19H28NO4. The predicted molar refractivity (Wildman–Crippen MR) is 92.5 cm³/mol. The van der Waals surface area contributed by atoms with Crippen LogP contribution >= 0.6 is 0 Å². The fourth-order valence-electron chi connectivity index (χ4n) is 2.75. The Morgan fingerprint density at radius 1 is 1.38 bits per heavy atom. The molecule has 1 aromatic carbocycles. The van der Waals surface area contributed by atoms with Gasteiger partial charge < -0.3 is 19.1 Å². The number of carbonyl (C=O) groups excluding carboxylic acids is 1. The molecule has 0 aliphatic carbocycles. The molecule has 2 atom stereocenters. The fourth-order valence-corrected chi connectivity index (χ4v) is 2.75. The van der Waals surface area contributed by atoms with E-state index in [0.29, 0.717) is 26.0 Å². The topological polar surface area (TPSA) is 48.0 Å². The average Bonchev–Trinajstić information content (AvgIpc) is 3.04. The van der Waals surface area contributed by atoms with Crippen molar-refractivity contribution in [1.29, 1.82) is 0 Å². The predicted octanol–water partition coefficient (Wildman–Crippen LogP) is 3.43. The summed E-state index contributed by atoms with van der Waals surface area (Å²) >= 11 is 0. The summed E-state index contributed by atoms with van der Waals surface area (Å²) in [7, 11) is 0. The maximum absolute atomic E-state index is 12.7. The summed E-state index contributed by atoms with van der Waals surface area (Å²) in [5.41, 5.74) is 0.608. The third-order valence-corrected chi connectivity index (χ3v) is 3.79. The highest BCUT2D eigenvalue weighted by Crippen LogP contribution is 2.21. The lowest BCUT2D eigenvalue weighted by atomic mass is 10.00. The van der Waals surface area contributed by atoms with E-state index < -0.39 is 5.60 Å². The summed E-state index contributed by atoms with van der Waals surface area (Å²) in [6.45, 7) is 10.8. The van der Waals surface area contributed by atoms with Crippen molar-refractivity contribution in [2.75, 3.05) is 19.9 Å². The number of rotatable bonds is 6. The minimum absolute atomic E-state index is 0.147. The Kier molecular flexibility index (Phi) is 6.63. The van der Waals surface area contributed by atoms with Crippen molar-refractivity contribution in [2.24, 2.45) is 0 Å². The molecule has 0 aromatic heterocycles. The van der Waals surface area contributed by atoms with Crippen molar-refractivity contribution in [3.63, 3.8) is 0 Å². The lowest BCUT2D eigenvalue weighted by molar-refractivity contribution is -0.0154. The Morgan fingerprint density at radius 3 is 2.62 bits per heavy atom. The summed E-state index contributed by atoms with van der Waals surface area (Å²) in [6.07, 6.45) is 0.804. The molecule has 0 bridgehead atoms. The number of hydrogen-bond acceptors (Lipinski definition) is 4. The Labute approximate surface area is 144 Å². The molecular weight excluding hydrogens is 306 g/mol. The molecule has 1 heterocycles. The van der Waals surface area contributed by atoms with E-state index in [9.17, 15) is 4.79 Å². The maximum atomic E-state index is 12.7. The summed E-state index contributed by atoms with van der Waals surface area (Å²) in [5, 5.41) is 0. The Balaban J connectivity index is 2.21. The van der Waals surface area contributed by atoms with Gasteiger partial charge in [0.25, 0.3) is 0 Å². The highest BCUT2D eigenvalue weighted by Gasteiger charge is 2.36. The van der Waals surface area contributed by atoms with Crippen LogP contribution in [0.4, 0.5) is 4.79 Å². The van der Waals surface area contributed by atoms with Crippen molar-refractivity contribution < 1.29 is 19.0 Å². The highest BCUT2D eigenvalue weighted by molar-refractivity contribution is 5.68. The van der Waals surface area contributed by atoms with Crippen LogP contribution in [0.25, 0.3) is 0 Å². The quantitative estimate of drug-likeness (QED) is 0.800. The number of hydrogen-bond donors (Lipinski definition) is 0. The number of nitrogens with zero attached hydrogens (tertiary/aromatic N) is 1. The minimum Gasteiger partial charge on any atom is -0.444 e. The molecule has 2 rings (SSSR count). The van der Waals surface area contributed by atoms with Crippen molar-refractivity contribution in [3.05, 3.63) is 42.8 Å². The maximum Gasteiger partial charge on any atom is 0.410 e. The van der Waals surface area contributed by atoms with Crippen molar-refractivity contribution >= 4 is 6.09 Å². The zero-order chi connectivity index (χ0) is 17.6. The first-order valence-corrected chi connectivity index (χ1v) is 8.43. The number of ether oxygens (including phenoxy) is 3. The third kappa shape index (κ3) is 5.49. The van der Waals surface area contributed by atoms with Crippen LogP contribution < -0.4 is 0 Å². The molecule has 1 amide bonds. The van der Waals surface area contributed by atoms with Gasteiger partial charge in [-0.05, 0) is 39.2 Å². The van der Waals surface area contributed by atoms with Crippen LogP contribution in [0.15, 0.2) is 30.3 Å². The number of benzene rings is 1. The van der Waals surface area contributed by atoms with Crippen LogP contribution in [0.3, 0.4) is 0 Å². The summed E-state index contributed by atoms with van der Waals surface area (Å²) in [5.74, 6) is 0. The molecule has 1 aromatic rings. The first-order valence-electron chi connectivity index (χ1n) is 8.43. The van der Waals surface area contributed by atoms with Gasteiger partial charge in [0.15, 0.2) is 0 Å². The number of carbonyl (C=O) groups is 1. The Hall–Kier alpha value is -1.59. The van der Waals surface area contributed by atoms with Crippen LogP contribution in [0, 0.1) is 6.92 Å². The molecule has 0 saturated carbocycles.